The second-order valence-electron chi connectivity index (χ2n) is 7.97. The van der Waals surface area contributed by atoms with E-state index in [-0.39, 0.29) is 23.7 Å². The number of nitrogens with zero attached hydrogens (tertiary/aromatic N) is 1. The zero-order chi connectivity index (χ0) is 19.3. The topological polar surface area (TPSA) is 38.8 Å². The van der Waals surface area contributed by atoms with Crippen LogP contribution in [0.5, 0.6) is 5.75 Å². The Bertz CT molecular complexity index is 746. The van der Waals surface area contributed by atoms with Gasteiger partial charge in [0.25, 0.3) is 0 Å². The maximum absolute atomic E-state index is 13.1. The van der Waals surface area contributed by atoms with Gasteiger partial charge in [-0.25, -0.2) is 4.79 Å². The zero-order valence-corrected chi connectivity index (χ0v) is 17.7. The molecule has 2 atom stereocenters. The number of rotatable bonds is 2. The molecular weight excluding hydrogens is 409 g/mol. The van der Waals surface area contributed by atoms with Crippen LogP contribution in [0.1, 0.15) is 49.7 Å². The first kappa shape index (κ1) is 19.5. The Balaban J connectivity index is 1.77. The average molecular weight is 433 g/mol. The molecule has 1 saturated carbocycles. The molecule has 1 aliphatic heterocycles. The fourth-order valence-electron chi connectivity index (χ4n) is 5.78. The summed E-state index contributed by atoms with van der Waals surface area (Å²) in [5.41, 5.74) is 2.25. The smallest absolute Gasteiger partial charge is 0.410 e. The lowest BCUT2D eigenvalue weighted by atomic mass is 9.57. The number of carbonyl (C=O) groups is 1. The minimum Gasteiger partial charge on any atom is -0.497 e. The lowest BCUT2D eigenvalue weighted by Crippen LogP contribution is -2.62. The number of piperidine rings is 1. The number of alkyl halides is 3. The lowest BCUT2D eigenvalue weighted by Gasteiger charge is -2.58. The Morgan fingerprint density at radius 2 is 1.93 bits per heavy atom. The van der Waals surface area contributed by atoms with Crippen molar-refractivity contribution >= 4 is 40.9 Å². The maximum Gasteiger partial charge on any atom is 0.410 e. The molecule has 1 aromatic rings. The number of hydrogen-bond acceptors (Lipinski definition) is 3. The van der Waals surface area contributed by atoms with Gasteiger partial charge in [-0.1, -0.05) is 53.7 Å². The van der Waals surface area contributed by atoms with E-state index < -0.39 is 3.79 Å². The van der Waals surface area contributed by atoms with Gasteiger partial charge in [-0.15, -0.1) is 0 Å². The van der Waals surface area contributed by atoms with Crippen molar-refractivity contribution in [3.8, 4) is 5.75 Å². The summed E-state index contributed by atoms with van der Waals surface area (Å²) in [5.74, 6) is 0.824. The summed E-state index contributed by atoms with van der Waals surface area (Å²) in [6, 6.07) is 6.29. The summed E-state index contributed by atoms with van der Waals surface area (Å²) in [4.78, 5) is 15.0. The Hall–Kier alpha value is -0.840. The van der Waals surface area contributed by atoms with E-state index in [0.29, 0.717) is 6.54 Å². The second kappa shape index (κ2) is 6.89. The van der Waals surface area contributed by atoms with Gasteiger partial charge >= 0.3 is 6.09 Å². The number of hydrogen-bond donors (Lipinski definition) is 0. The molecule has 2 unspecified atom stereocenters. The normalized spacial score (nSPS) is 29.6. The number of amides is 1. The number of fused-ring (bicyclic) bond motifs is 1. The first-order chi connectivity index (χ1) is 12.8. The quantitative estimate of drug-likeness (QED) is 0.570. The minimum atomic E-state index is -1.61. The van der Waals surface area contributed by atoms with Gasteiger partial charge in [0.15, 0.2) is 0 Å². The summed E-state index contributed by atoms with van der Waals surface area (Å²) < 4.78 is 9.31. The summed E-state index contributed by atoms with van der Waals surface area (Å²) >= 11 is 17.4. The van der Waals surface area contributed by atoms with Crippen LogP contribution in [0.25, 0.3) is 0 Å². The van der Waals surface area contributed by atoms with Gasteiger partial charge in [0.1, 0.15) is 12.4 Å². The molecule has 27 heavy (non-hydrogen) atoms. The van der Waals surface area contributed by atoms with E-state index in [0.717, 1.165) is 44.3 Å². The molecule has 1 aromatic carbocycles. The fraction of sp³-hybridized carbons (Fsp3) is 0.650. The summed E-state index contributed by atoms with van der Waals surface area (Å²) in [5, 5.41) is 0. The number of likely N-dealkylation sites (tertiary alicyclic amines) is 1. The summed E-state index contributed by atoms with van der Waals surface area (Å²) in [6.45, 7) is 0.415. The monoisotopic (exact) mass is 431 g/mol. The Labute approximate surface area is 175 Å². The van der Waals surface area contributed by atoms with Gasteiger partial charge < -0.3 is 9.47 Å². The summed E-state index contributed by atoms with van der Waals surface area (Å²) in [7, 11) is 1.68. The van der Waals surface area contributed by atoms with Crippen molar-refractivity contribution in [2.24, 2.45) is 5.41 Å². The zero-order valence-electron chi connectivity index (χ0n) is 15.4. The van der Waals surface area contributed by atoms with E-state index in [1.165, 1.54) is 17.5 Å². The van der Waals surface area contributed by atoms with Crippen LogP contribution in [0.2, 0.25) is 0 Å². The van der Waals surface area contributed by atoms with Crippen LogP contribution in [-0.4, -0.2) is 35.0 Å². The lowest BCUT2D eigenvalue weighted by molar-refractivity contribution is -0.0875. The molecule has 0 radical (unpaired) electrons. The van der Waals surface area contributed by atoms with Gasteiger partial charge in [0.05, 0.1) is 12.6 Å². The average Bonchev–Trinajstić information content (AvgIpc) is 2.95. The van der Waals surface area contributed by atoms with Crippen LogP contribution in [-0.2, 0) is 16.7 Å². The molecule has 4 nitrogen and oxygen atoms in total. The van der Waals surface area contributed by atoms with Crippen molar-refractivity contribution in [1.82, 2.24) is 4.90 Å². The highest BCUT2D eigenvalue weighted by atomic mass is 35.6. The minimum absolute atomic E-state index is 0.0667. The van der Waals surface area contributed by atoms with Crippen LogP contribution in [0.15, 0.2) is 18.2 Å². The molecule has 7 heteroatoms. The molecule has 148 valence electrons. The second-order valence-corrected chi connectivity index (χ2v) is 10.5. The molecule has 3 aliphatic rings. The molecule has 1 heterocycles. The Morgan fingerprint density at radius 1 is 1.19 bits per heavy atom. The molecule has 1 saturated heterocycles. The predicted molar refractivity (Wildman–Crippen MR) is 107 cm³/mol. The van der Waals surface area contributed by atoms with Crippen LogP contribution in [0.4, 0.5) is 4.79 Å². The number of carbonyl (C=O) groups excluding carboxylic acids is 1. The third-order valence-electron chi connectivity index (χ3n) is 6.69. The third kappa shape index (κ3) is 3.08. The van der Waals surface area contributed by atoms with Crippen LogP contribution in [0, 0.1) is 5.41 Å². The first-order valence-electron chi connectivity index (χ1n) is 9.50. The van der Waals surface area contributed by atoms with Crippen molar-refractivity contribution in [2.45, 2.75) is 54.3 Å². The van der Waals surface area contributed by atoms with Gasteiger partial charge in [0, 0.05) is 12.0 Å². The Kier molecular flexibility index (Phi) is 4.97. The predicted octanol–water partition coefficient (Wildman–Crippen LogP) is 5.61. The fourth-order valence-corrected chi connectivity index (χ4v) is 5.94. The SMILES string of the molecule is COc1ccc2c(c1)C13CCCCC1(CCCN3C(=O)OCC(Cl)(Cl)Cl)C2. The number of ether oxygens (including phenoxy) is 2. The van der Waals surface area contributed by atoms with E-state index in [2.05, 4.69) is 12.1 Å². The van der Waals surface area contributed by atoms with Gasteiger partial charge in [0.2, 0.25) is 3.79 Å². The van der Waals surface area contributed by atoms with Crippen molar-refractivity contribution in [3.05, 3.63) is 29.3 Å². The van der Waals surface area contributed by atoms with Crippen LogP contribution >= 0.6 is 34.8 Å². The molecule has 0 N–H and O–H groups in total. The molecule has 4 rings (SSSR count). The first-order valence-corrected chi connectivity index (χ1v) is 10.6. The van der Waals surface area contributed by atoms with Gasteiger partial charge in [-0.05, 0) is 55.4 Å². The highest BCUT2D eigenvalue weighted by molar-refractivity contribution is 6.67. The molecule has 2 aliphatic carbocycles. The van der Waals surface area contributed by atoms with E-state index in [1.54, 1.807) is 7.11 Å². The van der Waals surface area contributed by atoms with E-state index in [9.17, 15) is 4.79 Å². The Morgan fingerprint density at radius 3 is 2.67 bits per heavy atom. The van der Waals surface area contributed by atoms with Crippen molar-refractivity contribution in [3.63, 3.8) is 0 Å². The van der Waals surface area contributed by atoms with E-state index >= 15 is 0 Å². The molecule has 0 aromatic heterocycles. The van der Waals surface area contributed by atoms with Crippen LogP contribution in [0.3, 0.4) is 0 Å². The molecule has 0 bridgehead atoms. The maximum atomic E-state index is 13.1. The van der Waals surface area contributed by atoms with E-state index in [4.69, 9.17) is 44.3 Å². The number of methoxy groups -OCH3 is 1. The van der Waals surface area contributed by atoms with Crippen molar-refractivity contribution < 1.29 is 14.3 Å². The van der Waals surface area contributed by atoms with Gasteiger partial charge in [-0.3, -0.25) is 4.90 Å². The number of halogens is 3. The number of benzene rings is 1. The standard InChI is InChI=1S/C20H24Cl3NO3/c1-26-15-6-5-14-12-18-7-2-3-9-19(18,16(14)11-15)24(10-4-8-18)17(25)27-13-20(21,22)23/h5-6,11H,2-4,7-10,12-13H2,1H3. The molecular formula is C20H24Cl3NO3. The molecule has 2 fully saturated rings. The van der Waals surface area contributed by atoms with Crippen LogP contribution < -0.4 is 4.74 Å². The van der Waals surface area contributed by atoms with Crippen molar-refractivity contribution in [1.29, 1.82) is 0 Å². The van der Waals surface area contributed by atoms with E-state index in [1.807, 2.05) is 11.0 Å². The highest BCUT2D eigenvalue weighted by Crippen LogP contribution is 2.65. The highest BCUT2D eigenvalue weighted by Gasteiger charge is 2.64. The largest absolute Gasteiger partial charge is 0.497 e. The molecule has 0 spiro atoms. The van der Waals surface area contributed by atoms with Crippen molar-refractivity contribution in [2.75, 3.05) is 20.3 Å². The van der Waals surface area contributed by atoms with Gasteiger partial charge in [-0.2, -0.15) is 0 Å². The molecule has 1 amide bonds. The third-order valence-corrected chi connectivity index (χ3v) is 7.02. The summed E-state index contributed by atoms with van der Waals surface area (Å²) in [6.07, 6.45) is 7.06.